The molecule has 1 rings (SSSR count). The van der Waals surface area contributed by atoms with Crippen molar-refractivity contribution in [3.05, 3.63) is 35.4 Å². The van der Waals surface area contributed by atoms with Crippen LogP contribution in [0.2, 0.25) is 0 Å². The molecule has 6 heteroatoms. The molecule has 1 aromatic carbocycles. The van der Waals surface area contributed by atoms with E-state index < -0.39 is 12.1 Å². The van der Waals surface area contributed by atoms with Crippen LogP contribution in [0.1, 0.15) is 31.4 Å². The van der Waals surface area contributed by atoms with Crippen LogP contribution in [0.4, 0.5) is 4.79 Å². The first-order valence-corrected chi connectivity index (χ1v) is 8.66. The highest BCUT2D eigenvalue weighted by Gasteiger charge is 2.21. The summed E-state index contributed by atoms with van der Waals surface area (Å²) in [6, 6.07) is 7.78. The summed E-state index contributed by atoms with van der Waals surface area (Å²) in [6.07, 6.45) is 0.732. The van der Waals surface area contributed by atoms with Gasteiger partial charge in [-0.3, -0.25) is 4.79 Å². The second-order valence-electron chi connectivity index (χ2n) is 6.92. The number of alkyl carbamates (subject to hydrolysis) is 1. The molecule has 6 nitrogen and oxygen atoms in total. The Morgan fingerprint density at radius 3 is 2.48 bits per heavy atom. The van der Waals surface area contributed by atoms with Gasteiger partial charge in [0, 0.05) is 13.1 Å². The van der Waals surface area contributed by atoms with E-state index in [1.165, 1.54) is 18.2 Å². The molecule has 0 aliphatic rings. The molecule has 0 radical (unpaired) electrons. The summed E-state index contributed by atoms with van der Waals surface area (Å²) in [5.41, 5.74) is 2.43. The Balaban J connectivity index is 2.54. The van der Waals surface area contributed by atoms with Gasteiger partial charge in [-0.2, -0.15) is 0 Å². The number of amides is 2. The van der Waals surface area contributed by atoms with E-state index in [-0.39, 0.29) is 11.8 Å². The molecule has 25 heavy (non-hydrogen) atoms. The van der Waals surface area contributed by atoms with Crippen LogP contribution in [0.15, 0.2) is 24.3 Å². The van der Waals surface area contributed by atoms with Crippen molar-refractivity contribution in [1.29, 1.82) is 0 Å². The minimum atomic E-state index is -0.586. The summed E-state index contributed by atoms with van der Waals surface area (Å²) < 4.78 is 4.60. The van der Waals surface area contributed by atoms with Gasteiger partial charge in [0.2, 0.25) is 5.91 Å². The number of ether oxygens (including phenoxy) is 1. The van der Waals surface area contributed by atoms with Crippen molar-refractivity contribution in [2.24, 2.45) is 5.92 Å². The van der Waals surface area contributed by atoms with Gasteiger partial charge in [-0.15, -0.1) is 0 Å². The second kappa shape index (κ2) is 10.7. The fraction of sp³-hybridized carbons (Fsp3) is 0.579. The maximum Gasteiger partial charge on any atom is 0.407 e. The summed E-state index contributed by atoms with van der Waals surface area (Å²) in [7, 11) is 5.37. The topological polar surface area (TPSA) is 70.7 Å². The van der Waals surface area contributed by atoms with E-state index in [1.807, 2.05) is 34.0 Å². The van der Waals surface area contributed by atoms with Crippen LogP contribution in [0.5, 0.6) is 0 Å². The second-order valence-corrected chi connectivity index (χ2v) is 6.92. The minimum absolute atomic E-state index is 0.177. The van der Waals surface area contributed by atoms with Gasteiger partial charge in [0.05, 0.1) is 7.11 Å². The average Bonchev–Trinajstić information content (AvgIpc) is 2.53. The van der Waals surface area contributed by atoms with E-state index in [0.29, 0.717) is 13.0 Å². The first-order valence-electron chi connectivity index (χ1n) is 8.66. The third-order valence-electron chi connectivity index (χ3n) is 3.70. The number of hydrogen-bond donors (Lipinski definition) is 2. The summed E-state index contributed by atoms with van der Waals surface area (Å²) in [5, 5.41) is 5.51. The molecule has 1 aromatic rings. The quantitative estimate of drug-likeness (QED) is 0.717. The predicted molar refractivity (Wildman–Crippen MR) is 99.3 cm³/mol. The van der Waals surface area contributed by atoms with Crippen LogP contribution in [0.25, 0.3) is 0 Å². The molecule has 1 atom stereocenters. The summed E-state index contributed by atoms with van der Waals surface area (Å²) in [4.78, 5) is 25.9. The number of nitrogens with one attached hydrogen (secondary N) is 2. The smallest absolute Gasteiger partial charge is 0.407 e. The lowest BCUT2D eigenvalue weighted by Gasteiger charge is -2.19. The monoisotopic (exact) mass is 349 g/mol. The molecule has 0 aliphatic carbocycles. The third-order valence-corrected chi connectivity index (χ3v) is 3.70. The maximum absolute atomic E-state index is 12.3. The number of hydrogen-bond acceptors (Lipinski definition) is 4. The summed E-state index contributed by atoms with van der Waals surface area (Å²) >= 11 is 0. The maximum atomic E-state index is 12.3. The molecule has 0 aliphatic heterocycles. The summed E-state index contributed by atoms with van der Waals surface area (Å²) in [5.74, 6) is 0.110. The zero-order valence-corrected chi connectivity index (χ0v) is 16.0. The van der Waals surface area contributed by atoms with E-state index >= 15 is 0 Å². The Morgan fingerprint density at radius 1 is 1.20 bits per heavy atom. The Labute approximate surface area is 150 Å². The molecule has 0 aromatic heterocycles. The Morgan fingerprint density at radius 2 is 1.88 bits per heavy atom. The van der Waals surface area contributed by atoms with Crippen LogP contribution in [0, 0.1) is 5.92 Å². The molecule has 0 fully saturated rings. The SMILES string of the molecule is COC(=O)N[C@@H](CC(C)C)C(=O)NCCc1cccc(CN(C)C)c1. The first kappa shape index (κ1) is 21.0. The predicted octanol–water partition coefficient (Wildman–Crippen LogP) is 2.18. The molecule has 0 bridgehead atoms. The Hall–Kier alpha value is -2.08. The van der Waals surface area contributed by atoms with Gasteiger partial charge in [0.25, 0.3) is 0 Å². The fourth-order valence-corrected chi connectivity index (χ4v) is 2.61. The number of nitrogens with zero attached hydrogens (tertiary/aromatic N) is 1. The average molecular weight is 349 g/mol. The van der Waals surface area contributed by atoms with E-state index in [1.54, 1.807) is 0 Å². The largest absolute Gasteiger partial charge is 0.453 e. The van der Waals surface area contributed by atoms with Crippen molar-refractivity contribution in [1.82, 2.24) is 15.5 Å². The third kappa shape index (κ3) is 8.54. The lowest BCUT2D eigenvalue weighted by molar-refractivity contribution is -0.123. The van der Waals surface area contributed by atoms with Crippen molar-refractivity contribution in [3.8, 4) is 0 Å². The summed E-state index contributed by atoms with van der Waals surface area (Å²) in [6.45, 7) is 5.44. The van der Waals surface area contributed by atoms with Gasteiger partial charge in [-0.25, -0.2) is 4.79 Å². The van der Waals surface area contributed by atoms with Gasteiger partial charge in [0.1, 0.15) is 6.04 Å². The van der Waals surface area contributed by atoms with Crippen LogP contribution in [-0.2, 0) is 22.5 Å². The van der Waals surface area contributed by atoms with Gasteiger partial charge < -0.3 is 20.3 Å². The molecule has 0 heterocycles. The van der Waals surface area contributed by atoms with Gasteiger partial charge >= 0.3 is 6.09 Å². The first-order chi connectivity index (χ1) is 11.8. The molecule has 2 N–H and O–H groups in total. The number of methoxy groups -OCH3 is 1. The highest BCUT2D eigenvalue weighted by Crippen LogP contribution is 2.08. The van der Waals surface area contributed by atoms with Crippen LogP contribution in [-0.4, -0.2) is 50.7 Å². The molecule has 2 amide bonds. The Kier molecular flexibility index (Phi) is 8.99. The number of benzene rings is 1. The Bertz CT molecular complexity index is 559. The van der Waals surface area contributed by atoms with Crippen molar-refractivity contribution in [2.45, 2.75) is 39.3 Å². The minimum Gasteiger partial charge on any atom is -0.453 e. The fourth-order valence-electron chi connectivity index (χ4n) is 2.61. The molecule has 0 spiro atoms. The zero-order valence-electron chi connectivity index (χ0n) is 16.0. The van der Waals surface area contributed by atoms with Crippen molar-refractivity contribution in [3.63, 3.8) is 0 Å². The zero-order chi connectivity index (χ0) is 18.8. The van der Waals surface area contributed by atoms with Crippen LogP contribution >= 0.6 is 0 Å². The number of carbonyl (C=O) groups excluding carboxylic acids is 2. The van der Waals surface area contributed by atoms with Gasteiger partial charge in [0.15, 0.2) is 0 Å². The molecule has 0 unspecified atom stereocenters. The molecular weight excluding hydrogens is 318 g/mol. The van der Waals surface area contributed by atoms with E-state index in [2.05, 4.69) is 38.5 Å². The molecule has 0 saturated heterocycles. The van der Waals surface area contributed by atoms with Crippen LogP contribution in [0.3, 0.4) is 0 Å². The van der Waals surface area contributed by atoms with Crippen LogP contribution < -0.4 is 10.6 Å². The van der Waals surface area contributed by atoms with Gasteiger partial charge in [-0.1, -0.05) is 38.1 Å². The standard InChI is InChI=1S/C19H31N3O3/c1-14(2)11-17(21-19(24)25-5)18(23)20-10-9-15-7-6-8-16(12-15)13-22(3)4/h6-8,12,14,17H,9-11,13H2,1-5H3,(H,20,23)(H,21,24)/t17-/m0/s1. The van der Waals surface area contributed by atoms with E-state index in [4.69, 9.17) is 0 Å². The molecular formula is C19H31N3O3. The van der Waals surface area contributed by atoms with Gasteiger partial charge in [-0.05, 0) is 44.0 Å². The van der Waals surface area contributed by atoms with E-state index in [0.717, 1.165) is 13.0 Å². The van der Waals surface area contributed by atoms with E-state index in [9.17, 15) is 9.59 Å². The normalized spacial score (nSPS) is 12.1. The lowest BCUT2D eigenvalue weighted by atomic mass is 10.0. The van der Waals surface area contributed by atoms with Crippen molar-refractivity contribution in [2.75, 3.05) is 27.7 Å². The van der Waals surface area contributed by atoms with Crippen molar-refractivity contribution >= 4 is 12.0 Å². The number of carbonyl (C=O) groups is 2. The molecule has 0 saturated carbocycles. The van der Waals surface area contributed by atoms with Crippen molar-refractivity contribution < 1.29 is 14.3 Å². The highest BCUT2D eigenvalue weighted by molar-refractivity contribution is 5.85. The lowest BCUT2D eigenvalue weighted by Crippen LogP contribution is -2.47. The molecule has 140 valence electrons. The highest BCUT2D eigenvalue weighted by atomic mass is 16.5. The number of rotatable bonds is 9.